The van der Waals surface area contributed by atoms with E-state index in [1.165, 1.54) is 0 Å². The van der Waals surface area contributed by atoms with Gasteiger partial charge in [0, 0.05) is 5.56 Å². The van der Waals surface area contributed by atoms with E-state index in [0.717, 1.165) is 43.7 Å². The van der Waals surface area contributed by atoms with Crippen LogP contribution in [0.3, 0.4) is 0 Å². The van der Waals surface area contributed by atoms with E-state index in [2.05, 4.69) is 5.32 Å². The fourth-order valence-corrected chi connectivity index (χ4v) is 5.91. The zero-order chi connectivity index (χ0) is 20.2. The number of carbonyl (C=O) groups is 1. The third kappa shape index (κ3) is 2.77. The second-order valence-corrected chi connectivity index (χ2v) is 9.18. The predicted octanol–water partition coefficient (Wildman–Crippen LogP) is 4.29. The fraction of sp³-hybridized carbons (Fsp3) is 0.190. The van der Waals surface area contributed by atoms with Crippen LogP contribution < -0.4 is 14.8 Å². The topological polar surface area (TPSA) is 78.3 Å². The number of anilines is 1. The number of carbonyl (C=O) groups excluding carboxylic acids is 1. The molecule has 2 aromatic heterocycles. The molecule has 1 amide bonds. The Labute approximate surface area is 180 Å². The quantitative estimate of drug-likeness (QED) is 0.505. The van der Waals surface area contributed by atoms with Crippen molar-refractivity contribution in [2.24, 2.45) is 0 Å². The number of rotatable bonds is 2. The molecule has 0 bridgehead atoms. The highest BCUT2D eigenvalue weighted by molar-refractivity contribution is 8.00. The summed E-state index contributed by atoms with van der Waals surface area (Å²) in [6, 6.07) is 13.9. The SMILES string of the molecule is Cc1nn(-c2nc3ccccc3s2)c2c1[C@@H](c1ccc3c(c1)OCO3)SCC(=O)N2. The highest BCUT2D eigenvalue weighted by Crippen LogP contribution is 2.46. The summed E-state index contributed by atoms with van der Waals surface area (Å²) in [5.74, 6) is 2.46. The van der Waals surface area contributed by atoms with Crippen LogP contribution in [0, 0.1) is 6.92 Å². The van der Waals surface area contributed by atoms with Crippen molar-refractivity contribution >= 4 is 45.0 Å². The lowest BCUT2D eigenvalue weighted by Gasteiger charge is -2.15. The standard InChI is InChI=1S/C21H16N4O3S2/c1-11-18-19(12-6-7-14-15(8-12)28-10-27-14)29-9-17(26)23-20(18)25(24-11)21-22-13-4-2-3-5-16(13)30-21/h2-8,19H,9-10H2,1H3,(H,23,26)/t19-/m1/s1. The zero-order valence-corrected chi connectivity index (χ0v) is 17.5. The molecule has 0 aliphatic carbocycles. The van der Waals surface area contributed by atoms with E-state index >= 15 is 0 Å². The molecule has 4 heterocycles. The van der Waals surface area contributed by atoms with Gasteiger partial charge in [0.1, 0.15) is 5.82 Å². The second-order valence-electron chi connectivity index (χ2n) is 7.08. The molecule has 0 saturated heterocycles. The Hall–Kier alpha value is -3.04. The number of amides is 1. The van der Waals surface area contributed by atoms with Gasteiger partial charge in [-0.2, -0.15) is 9.78 Å². The molecular formula is C21H16N4O3S2. The minimum Gasteiger partial charge on any atom is -0.454 e. The summed E-state index contributed by atoms with van der Waals surface area (Å²) in [5.41, 5.74) is 3.82. The second kappa shape index (κ2) is 6.75. The largest absolute Gasteiger partial charge is 0.454 e. The molecule has 9 heteroatoms. The number of benzene rings is 2. The van der Waals surface area contributed by atoms with Gasteiger partial charge >= 0.3 is 0 Å². The van der Waals surface area contributed by atoms with Crippen LogP contribution in [0.5, 0.6) is 11.5 Å². The number of para-hydroxylation sites is 1. The van der Waals surface area contributed by atoms with Crippen molar-refractivity contribution in [3.05, 3.63) is 59.3 Å². The first kappa shape index (κ1) is 17.8. The summed E-state index contributed by atoms with van der Waals surface area (Å²) in [6.07, 6.45) is 0. The Balaban J connectivity index is 1.51. The van der Waals surface area contributed by atoms with E-state index < -0.39 is 0 Å². The molecule has 1 N–H and O–H groups in total. The minimum absolute atomic E-state index is 0.0493. The van der Waals surface area contributed by atoms with Gasteiger partial charge in [-0.3, -0.25) is 4.79 Å². The number of thioether (sulfide) groups is 1. The van der Waals surface area contributed by atoms with E-state index in [4.69, 9.17) is 19.6 Å². The molecule has 0 radical (unpaired) electrons. The number of ether oxygens (including phenoxy) is 2. The monoisotopic (exact) mass is 436 g/mol. The van der Waals surface area contributed by atoms with Gasteiger partial charge in [-0.1, -0.05) is 29.5 Å². The molecule has 0 unspecified atom stereocenters. The normalized spacial score (nSPS) is 17.6. The molecule has 150 valence electrons. The molecule has 1 atom stereocenters. The van der Waals surface area contributed by atoms with E-state index in [-0.39, 0.29) is 18.0 Å². The summed E-state index contributed by atoms with van der Waals surface area (Å²) in [6.45, 7) is 2.21. The molecule has 0 spiro atoms. The Morgan fingerprint density at radius 2 is 2.03 bits per heavy atom. The smallest absolute Gasteiger partial charge is 0.235 e. The van der Waals surface area contributed by atoms with Crippen LogP contribution in [0.1, 0.15) is 22.1 Å². The Morgan fingerprint density at radius 1 is 1.17 bits per heavy atom. The number of nitrogens with one attached hydrogen (secondary N) is 1. The van der Waals surface area contributed by atoms with Gasteiger partial charge in [-0.05, 0) is 36.8 Å². The molecule has 4 aromatic rings. The van der Waals surface area contributed by atoms with Crippen molar-refractivity contribution in [3.63, 3.8) is 0 Å². The molecule has 2 aromatic carbocycles. The molecule has 2 aliphatic heterocycles. The van der Waals surface area contributed by atoms with Crippen molar-refractivity contribution in [2.45, 2.75) is 12.2 Å². The van der Waals surface area contributed by atoms with Crippen molar-refractivity contribution in [1.29, 1.82) is 0 Å². The summed E-state index contributed by atoms with van der Waals surface area (Å²) in [5, 5.41) is 8.50. The van der Waals surface area contributed by atoms with Gasteiger partial charge < -0.3 is 14.8 Å². The summed E-state index contributed by atoms with van der Waals surface area (Å²) >= 11 is 3.13. The molecule has 7 nitrogen and oxygen atoms in total. The average Bonchev–Trinajstić information content (AvgIpc) is 3.43. The Morgan fingerprint density at radius 3 is 2.93 bits per heavy atom. The first-order valence-corrected chi connectivity index (χ1v) is 11.3. The molecule has 2 aliphatic rings. The maximum atomic E-state index is 12.5. The zero-order valence-electron chi connectivity index (χ0n) is 15.9. The minimum atomic E-state index is -0.0587. The van der Waals surface area contributed by atoms with E-state index in [1.54, 1.807) is 27.8 Å². The van der Waals surface area contributed by atoms with Crippen molar-refractivity contribution < 1.29 is 14.3 Å². The van der Waals surface area contributed by atoms with Crippen LogP contribution in [-0.2, 0) is 4.79 Å². The molecular weight excluding hydrogens is 420 g/mol. The van der Waals surface area contributed by atoms with Gasteiger partial charge in [0.15, 0.2) is 11.5 Å². The van der Waals surface area contributed by atoms with Crippen LogP contribution in [0.15, 0.2) is 42.5 Å². The number of fused-ring (bicyclic) bond motifs is 3. The number of nitrogens with zero attached hydrogens (tertiary/aromatic N) is 3. The van der Waals surface area contributed by atoms with Crippen molar-refractivity contribution in [3.8, 4) is 16.6 Å². The lowest BCUT2D eigenvalue weighted by molar-refractivity contribution is -0.113. The predicted molar refractivity (Wildman–Crippen MR) is 117 cm³/mol. The van der Waals surface area contributed by atoms with Crippen LogP contribution >= 0.6 is 23.1 Å². The maximum absolute atomic E-state index is 12.5. The third-order valence-corrected chi connectivity index (χ3v) is 7.45. The first-order valence-electron chi connectivity index (χ1n) is 9.44. The molecule has 0 saturated carbocycles. The Bertz CT molecular complexity index is 1280. The lowest BCUT2D eigenvalue weighted by atomic mass is 10.0. The van der Waals surface area contributed by atoms with Gasteiger partial charge in [0.2, 0.25) is 17.8 Å². The number of hydrogen-bond donors (Lipinski definition) is 1. The summed E-state index contributed by atoms with van der Waals surface area (Å²) < 4.78 is 13.9. The summed E-state index contributed by atoms with van der Waals surface area (Å²) in [4.78, 5) is 17.3. The highest BCUT2D eigenvalue weighted by Gasteiger charge is 2.32. The van der Waals surface area contributed by atoms with Crippen LogP contribution in [0.2, 0.25) is 0 Å². The fourth-order valence-electron chi connectivity index (χ4n) is 3.81. The van der Waals surface area contributed by atoms with Gasteiger partial charge in [-0.25, -0.2) is 4.98 Å². The van der Waals surface area contributed by atoms with Gasteiger partial charge in [0.25, 0.3) is 0 Å². The third-order valence-electron chi connectivity index (χ3n) is 5.17. The van der Waals surface area contributed by atoms with Gasteiger partial charge in [-0.15, -0.1) is 11.8 Å². The maximum Gasteiger partial charge on any atom is 0.235 e. The number of aromatic nitrogens is 3. The lowest BCUT2D eigenvalue weighted by Crippen LogP contribution is -2.15. The number of thiazole rings is 1. The van der Waals surface area contributed by atoms with E-state index in [1.807, 2.05) is 49.4 Å². The van der Waals surface area contributed by atoms with Gasteiger partial charge in [0.05, 0.1) is 26.9 Å². The van der Waals surface area contributed by atoms with Crippen LogP contribution in [0.4, 0.5) is 5.82 Å². The molecule has 0 fully saturated rings. The van der Waals surface area contributed by atoms with Crippen molar-refractivity contribution in [2.75, 3.05) is 17.9 Å². The number of hydrogen-bond acceptors (Lipinski definition) is 7. The van der Waals surface area contributed by atoms with E-state index in [9.17, 15) is 4.79 Å². The molecule has 30 heavy (non-hydrogen) atoms. The van der Waals surface area contributed by atoms with E-state index in [0.29, 0.717) is 11.6 Å². The highest BCUT2D eigenvalue weighted by atomic mass is 32.2. The summed E-state index contributed by atoms with van der Waals surface area (Å²) in [7, 11) is 0. The van der Waals surface area contributed by atoms with Crippen molar-refractivity contribution in [1.82, 2.24) is 14.8 Å². The average molecular weight is 437 g/mol. The molecule has 6 rings (SSSR count). The van der Waals surface area contributed by atoms with Crippen LogP contribution in [0.25, 0.3) is 15.3 Å². The number of aryl methyl sites for hydroxylation is 1. The van der Waals surface area contributed by atoms with Crippen LogP contribution in [-0.4, -0.2) is 33.2 Å². The first-order chi connectivity index (χ1) is 14.7. The Kier molecular flexibility index (Phi) is 4.00.